The van der Waals surface area contributed by atoms with E-state index in [2.05, 4.69) is 5.32 Å². The topological polar surface area (TPSA) is 78.8 Å². The number of aliphatic hydroxyl groups excluding tert-OH is 1. The molecule has 1 aromatic rings. The SMILES string of the molecule is COc1ccc(C=CC(=O)NCC(C)(O)CO)cc1F. The Labute approximate surface area is 116 Å². The van der Waals surface area contributed by atoms with E-state index < -0.39 is 23.9 Å². The lowest BCUT2D eigenvalue weighted by Gasteiger charge is -2.19. The van der Waals surface area contributed by atoms with E-state index in [0.717, 1.165) is 0 Å². The van der Waals surface area contributed by atoms with E-state index in [1.54, 1.807) is 6.07 Å². The van der Waals surface area contributed by atoms with Crippen LogP contribution in [0.2, 0.25) is 0 Å². The van der Waals surface area contributed by atoms with Crippen molar-refractivity contribution < 1.29 is 24.1 Å². The molecule has 1 aromatic carbocycles. The molecule has 0 radical (unpaired) electrons. The molecule has 0 saturated heterocycles. The number of nitrogens with one attached hydrogen (secondary N) is 1. The van der Waals surface area contributed by atoms with Crippen LogP contribution in [0.25, 0.3) is 6.08 Å². The quantitative estimate of drug-likeness (QED) is 0.672. The number of halogens is 1. The van der Waals surface area contributed by atoms with E-state index in [9.17, 15) is 14.3 Å². The molecule has 3 N–H and O–H groups in total. The van der Waals surface area contributed by atoms with Gasteiger partial charge >= 0.3 is 0 Å². The smallest absolute Gasteiger partial charge is 0.244 e. The Balaban J connectivity index is 2.59. The Hall–Kier alpha value is -1.92. The monoisotopic (exact) mass is 283 g/mol. The summed E-state index contributed by atoms with van der Waals surface area (Å²) >= 11 is 0. The number of aliphatic hydroxyl groups is 2. The number of hydrogen-bond donors (Lipinski definition) is 3. The van der Waals surface area contributed by atoms with Gasteiger partial charge in [0, 0.05) is 12.6 Å². The van der Waals surface area contributed by atoms with E-state index in [0.29, 0.717) is 5.56 Å². The first-order valence-corrected chi connectivity index (χ1v) is 6.00. The van der Waals surface area contributed by atoms with Crippen LogP contribution >= 0.6 is 0 Å². The highest BCUT2D eigenvalue weighted by Gasteiger charge is 2.18. The number of hydrogen-bond acceptors (Lipinski definition) is 4. The van der Waals surface area contributed by atoms with Crippen LogP contribution in [0.1, 0.15) is 12.5 Å². The lowest BCUT2D eigenvalue weighted by molar-refractivity contribution is -0.117. The standard InChI is InChI=1S/C14H18FNO4/c1-14(19,9-17)8-16-13(18)6-4-10-3-5-12(20-2)11(15)7-10/h3-7,17,19H,8-9H2,1-2H3,(H,16,18). The van der Waals surface area contributed by atoms with Crippen molar-refractivity contribution in [2.45, 2.75) is 12.5 Å². The average molecular weight is 283 g/mol. The molecule has 5 nitrogen and oxygen atoms in total. The summed E-state index contributed by atoms with van der Waals surface area (Å²) in [4.78, 5) is 11.5. The second-order valence-corrected chi connectivity index (χ2v) is 4.60. The average Bonchev–Trinajstić information content (AvgIpc) is 2.43. The third-order valence-corrected chi connectivity index (χ3v) is 2.59. The minimum atomic E-state index is -1.37. The van der Waals surface area contributed by atoms with Crippen LogP contribution in [0.4, 0.5) is 4.39 Å². The molecule has 20 heavy (non-hydrogen) atoms. The first-order chi connectivity index (χ1) is 9.38. The fraction of sp³-hybridized carbons (Fsp3) is 0.357. The van der Waals surface area contributed by atoms with Gasteiger partial charge in [-0.3, -0.25) is 4.79 Å². The lowest BCUT2D eigenvalue weighted by atomic mass is 10.1. The van der Waals surface area contributed by atoms with E-state index in [1.807, 2.05) is 0 Å². The Bertz CT molecular complexity index is 500. The number of rotatable bonds is 6. The Kier molecular flexibility index (Phi) is 5.66. The summed E-state index contributed by atoms with van der Waals surface area (Å²) in [7, 11) is 1.37. The molecular weight excluding hydrogens is 265 g/mol. The van der Waals surface area contributed by atoms with Gasteiger partial charge in [-0.15, -0.1) is 0 Å². The molecule has 0 saturated carbocycles. The molecule has 0 heterocycles. The molecule has 1 atom stereocenters. The van der Waals surface area contributed by atoms with Crippen molar-refractivity contribution in [2.24, 2.45) is 0 Å². The molecule has 1 rings (SSSR count). The van der Waals surface area contributed by atoms with Crippen LogP contribution in [0.15, 0.2) is 24.3 Å². The predicted molar refractivity (Wildman–Crippen MR) is 72.7 cm³/mol. The first-order valence-electron chi connectivity index (χ1n) is 6.00. The highest BCUT2D eigenvalue weighted by molar-refractivity contribution is 5.91. The molecule has 6 heteroatoms. The fourth-order valence-corrected chi connectivity index (χ4v) is 1.35. The molecular formula is C14H18FNO4. The van der Waals surface area contributed by atoms with Gasteiger partial charge < -0.3 is 20.3 Å². The number of carbonyl (C=O) groups is 1. The molecule has 0 aliphatic carbocycles. The van der Waals surface area contributed by atoms with Gasteiger partial charge in [-0.1, -0.05) is 6.07 Å². The normalized spacial score (nSPS) is 14.1. The highest BCUT2D eigenvalue weighted by Crippen LogP contribution is 2.18. The predicted octanol–water partition coefficient (Wildman–Crippen LogP) is 0.707. The number of ether oxygens (including phenoxy) is 1. The lowest BCUT2D eigenvalue weighted by Crippen LogP contribution is -2.42. The van der Waals surface area contributed by atoms with Crippen LogP contribution in [0.3, 0.4) is 0 Å². The summed E-state index contributed by atoms with van der Waals surface area (Å²) in [5.41, 5.74) is -0.859. The van der Waals surface area contributed by atoms with Gasteiger partial charge in [-0.05, 0) is 30.7 Å². The largest absolute Gasteiger partial charge is 0.494 e. The van der Waals surface area contributed by atoms with Crippen LogP contribution in [-0.2, 0) is 4.79 Å². The minimum Gasteiger partial charge on any atom is -0.494 e. The molecule has 0 spiro atoms. The van der Waals surface area contributed by atoms with E-state index in [1.165, 1.54) is 38.3 Å². The van der Waals surface area contributed by atoms with Gasteiger partial charge in [0.05, 0.1) is 13.7 Å². The Morgan fingerprint density at radius 3 is 2.80 bits per heavy atom. The van der Waals surface area contributed by atoms with Crippen LogP contribution in [0.5, 0.6) is 5.75 Å². The zero-order chi connectivity index (χ0) is 15.2. The Morgan fingerprint density at radius 2 is 2.25 bits per heavy atom. The van der Waals surface area contributed by atoms with Crippen molar-refractivity contribution in [1.29, 1.82) is 0 Å². The van der Waals surface area contributed by atoms with Gasteiger partial charge in [0.25, 0.3) is 0 Å². The molecule has 0 bridgehead atoms. The number of amides is 1. The van der Waals surface area contributed by atoms with Gasteiger partial charge in [-0.25, -0.2) is 4.39 Å². The van der Waals surface area contributed by atoms with Crippen LogP contribution < -0.4 is 10.1 Å². The third-order valence-electron chi connectivity index (χ3n) is 2.59. The second-order valence-electron chi connectivity index (χ2n) is 4.60. The van der Waals surface area contributed by atoms with Crippen LogP contribution in [-0.4, -0.2) is 42.0 Å². The van der Waals surface area contributed by atoms with Crippen molar-refractivity contribution >= 4 is 12.0 Å². The van der Waals surface area contributed by atoms with E-state index >= 15 is 0 Å². The number of carbonyl (C=O) groups excluding carboxylic acids is 1. The number of methoxy groups -OCH3 is 1. The van der Waals surface area contributed by atoms with E-state index in [-0.39, 0.29) is 12.3 Å². The maximum absolute atomic E-state index is 13.4. The minimum absolute atomic E-state index is 0.0797. The summed E-state index contributed by atoms with van der Waals surface area (Å²) in [5, 5.41) is 20.7. The van der Waals surface area contributed by atoms with Gasteiger partial charge in [0.2, 0.25) is 5.91 Å². The van der Waals surface area contributed by atoms with Gasteiger partial charge in [0.1, 0.15) is 5.60 Å². The summed E-state index contributed by atoms with van der Waals surface area (Å²) in [6.45, 7) is 0.861. The summed E-state index contributed by atoms with van der Waals surface area (Å²) in [5.74, 6) is -0.834. The maximum atomic E-state index is 13.4. The summed E-state index contributed by atoms with van der Waals surface area (Å²) in [6.07, 6.45) is 2.65. The summed E-state index contributed by atoms with van der Waals surface area (Å²) in [6, 6.07) is 4.31. The zero-order valence-corrected chi connectivity index (χ0v) is 11.4. The van der Waals surface area contributed by atoms with Crippen molar-refractivity contribution in [1.82, 2.24) is 5.32 Å². The Morgan fingerprint density at radius 1 is 1.55 bits per heavy atom. The first kappa shape index (κ1) is 16.1. The molecule has 0 fully saturated rings. The maximum Gasteiger partial charge on any atom is 0.244 e. The zero-order valence-electron chi connectivity index (χ0n) is 11.4. The molecule has 1 unspecified atom stereocenters. The molecule has 0 aliphatic heterocycles. The van der Waals surface area contributed by atoms with Crippen molar-refractivity contribution in [3.63, 3.8) is 0 Å². The van der Waals surface area contributed by atoms with Gasteiger partial charge in [0.15, 0.2) is 11.6 Å². The highest BCUT2D eigenvalue weighted by atomic mass is 19.1. The molecule has 0 aromatic heterocycles. The molecule has 0 aliphatic rings. The molecule has 110 valence electrons. The summed E-state index contributed by atoms with van der Waals surface area (Å²) < 4.78 is 18.2. The third kappa shape index (κ3) is 4.99. The fourth-order valence-electron chi connectivity index (χ4n) is 1.35. The van der Waals surface area contributed by atoms with Crippen molar-refractivity contribution in [3.8, 4) is 5.75 Å². The number of benzene rings is 1. The van der Waals surface area contributed by atoms with Crippen LogP contribution in [0, 0.1) is 5.82 Å². The van der Waals surface area contributed by atoms with E-state index in [4.69, 9.17) is 9.84 Å². The molecule has 1 amide bonds. The van der Waals surface area contributed by atoms with Gasteiger partial charge in [-0.2, -0.15) is 0 Å². The second kappa shape index (κ2) is 7.02. The van der Waals surface area contributed by atoms with Crippen molar-refractivity contribution in [2.75, 3.05) is 20.3 Å². The van der Waals surface area contributed by atoms with Crippen molar-refractivity contribution in [3.05, 3.63) is 35.7 Å².